The summed E-state index contributed by atoms with van der Waals surface area (Å²) in [5.41, 5.74) is 1.82. The van der Waals surface area contributed by atoms with E-state index in [4.69, 9.17) is 0 Å². The van der Waals surface area contributed by atoms with E-state index in [1.807, 2.05) is 18.2 Å². The molecule has 14 heavy (non-hydrogen) atoms. The second-order valence-corrected chi connectivity index (χ2v) is 3.08. The molecule has 0 unspecified atom stereocenters. The van der Waals surface area contributed by atoms with E-state index in [1.165, 1.54) is 0 Å². The van der Waals surface area contributed by atoms with Crippen molar-refractivity contribution in [1.29, 1.82) is 0 Å². The highest BCUT2D eigenvalue weighted by Crippen LogP contribution is 2.21. The summed E-state index contributed by atoms with van der Waals surface area (Å²) in [6.07, 6.45) is 2.64. The molecule has 3 heteroatoms. The maximum absolute atomic E-state index is 9.64. The van der Waals surface area contributed by atoms with Gasteiger partial charge in [0.15, 0.2) is 0 Å². The van der Waals surface area contributed by atoms with Crippen LogP contribution in [0.3, 0.4) is 0 Å². The van der Waals surface area contributed by atoms with Gasteiger partial charge in [-0.2, -0.15) is 5.10 Å². The lowest BCUT2D eigenvalue weighted by Gasteiger charge is -2.07. The summed E-state index contributed by atoms with van der Waals surface area (Å²) in [7, 11) is 0. The van der Waals surface area contributed by atoms with Gasteiger partial charge in [0.1, 0.15) is 11.4 Å². The number of phenols is 1. The van der Waals surface area contributed by atoms with Gasteiger partial charge >= 0.3 is 0 Å². The first-order valence-electron chi connectivity index (χ1n) is 4.64. The zero-order valence-electron chi connectivity index (χ0n) is 8.01. The Labute approximate surface area is 82.6 Å². The molecule has 2 rings (SSSR count). The third kappa shape index (κ3) is 1.37. The van der Waals surface area contributed by atoms with Crippen LogP contribution < -0.4 is 0 Å². The van der Waals surface area contributed by atoms with Crippen molar-refractivity contribution in [2.75, 3.05) is 0 Å². The molecule has 1 heterocycles. The van der Waals surface area contributed by atoms with Crippen molar-refractivity contribution in [3.8, 4) is 11.4 Å². The van der Waals surface area contributed by atoms with Gasteiger partial charge in [0.05, 0.1) is 0 Å². The van der Waals surface area contributed by atoms with E-state index in [0.29, 0.717) is 0 Å². The summed E-state index contributed by atoms with van der Waals surface area (Å²) < 4.78 is 1.76. The number of hydrogen-bond acceptors (Lipinski definition) is 2. The number of hydrogen-bond donors (Lipinski definition) is 1. The van der Waals surface area contributed by atoms with E-state index in [2.05, 4.69) is 12.0 Å². The molecule has 0 aliphatic rings. The summed E-state index contributed by atoms with van der Waals surface area (Å²) in [4.78, 5) is 0. The molecule has 0 fully saturated rings. The van der Waals surface area contributed by atoms with Crippen LogP contribution in [-0.2, 0) is 6.42 Å². The molecule has 0 amide bonds. The van der Waals surface area contributed by atoms with E-state index in [-0.39, 0.29) is 5.75 Å². The van der Waals surface area contributed by atoms with Crippen LogP contribution in [0.1, 0.15) is 12.6 Å². The van der Waals surface area contributed by atoms with E-state index >= 15 is 0 Å². The number of phenolic OH excluding ortho intramolecular Hbond substituents is 1. The number of aryl methyl sites for hydroxylation is 1. The number of para-hydroxylation sites is 2. The molecule has 0 radical (unpaired) electrons. The molecule has 0 aliphatic heterocycles. The van der Waals surface area contributed by atoms with Gasteiger partial charge in [-0.05, 0) is 24.6 Å². The summed E-state index contributed by atoms with van der Waals surface area (Å²) in [6, 6.07) is 9.15. The van der Waals surface area contributed by atoms with Crippen LogP contribution in [0.4, 0.5) is 0 Å². The Morgan fingerprint density at radius 3 is 2.79 bits per heavy atom. The fraction of sp³-hybridized carbons (Fsp3) is 0.182. The van der Waals surface area contributed by atoms with Gasteiger partial charge < -0.3 is 5.11 Å². The van der Waals surface area contributed by atoms with Crippen LogP contribution in [0, 0.1) is 0 Å². The molecular weight excluding hydrogens is 176 g/mol. The van der Waals surface area contributed by atoms with Crippen LogP contribution in [0.5, 0.6) is 5.75 Å². The van der Waals surface area contributed by atoms with Gasteiger partial charge in [-0.25, -0.2) is 4.68 Å². The number of aromatic hydroxyl groups is 1. The molecule has 0 saturated heterocycles. The Morgan fingerprint density at radius 1 is 1.29 bits per heavy atom. The molecule has 0 aliphatic carbocycles. The third-order valence-electron chi connectivity index (χ3n) is 2.19. The predicted octanol–water partition coefficient (Wildman–Crippen LogP) is 2.14. The summed E-state index contributed by atoms with van der Waals surface area (Å²) in [5, 5.41) is 13.8. The Morgan fingerprint density at radius 2 is 2.07 bits per heavy atom. The summed E-state index contributed by atoms with van der Waals surface area (Å²) >= 11 is 0. The van der Waals surface area contributed by atoms with E-state index in [9.17, 15) is 5.11 Å². The minimum Gasteiger partial charge on any atom is -0.506 e. The molecule has 0 bridgehead atoms. The van der Waals surface area contributed by atoms with E-state index < -0.39 is 0 Å². The molecule has 1 aromatic heterocycles. The molecule has 2 aromatic rings. The summed E-state index contributed by atoms with van der Waals surface area (Å²) in [5.74, 6) is 0.255. The largest absolute Gasteiger partial charge is 0.506 e. The van der Waals surface area contributed by atoms with Crippen LogP contribution in [0.2, 0.25) is 0 Å². The minimum absolute atomic E-state index is 0.255. The number of rotatable bonds is 2. The van der Waals surface area contributed by atoms with Gasteiger partial charge in [0.2, 0.25) is 0 Å². The monoisotopic (exact) mass is 188 g/mol. The van der Waals surface area contributed by atoms with Crippen LogP contribution >= 0.6 is 0 Å². The zero-order chi connectivity index (χ0) is 9.97. The molecule has 1 aromatic carbocycles. The number of nitrogens with zero attached hydrogens (tertiary/aromatic N) is 2. The predicted molar refractivity (Wildman–Crippen MR) is 54.6 cm³/mol. The molecular formula is C11H12N2O. The number of benzene rings is 1. The maximum atomic E-state index is 9.64. The highest BCUT2D eigenvalue weighted by molar-refractivity contribution is 5.45. The number of aromatic nitrogens is 2. The lowest BCUT2D eigenvalue weighted by Crippen LogP contribution is -2.00. The van der Waals surface area contributed by atoms with E-state index in [0.717, 1.165) is 17.8 Å². The van der Waals surface area contributed by atoms with Crippen molar-refractivity contribution < 1.29 is 5.11 Å². The second kappa shape index (κ2) is 3.54. The Kier molecular flexibility index (Phi) is 2.23. The second-order valence-electron chi connectivity index (χ2n) is 3.08. The highest BCUT2D eigenvalue weighted by Gasteiger charge is 2.06. The maximum Gasteiger partial charge on any atom is 0.141 e. The average molecular weight is 188 g/mol. The smallest absolute Gasteiger partial charge is 0.141 e. The van der Waals surface area contributed by atoms with Gasteiger partial charge in [0.25, 0.3) is 0 Å². The van der Waals surface area contributed by atoms with Gasteiger partial charge in [0, 0.05) is 11.9 Å². The minimum atomic E-state index is 0.255. The molecule has 1 N–H and O–H groups in total. The lowest BCUT2D eigenvalue weighted by molar-refractivity contribution is 0.469. The average Bonchev–Trinajstić information content (AvgIpc) is 2.66. The van der Waals surface area contributed by atoms with Crippen LogP contribution in [-0.4, -0.2) is 14.9 Å². The van der Waals surface area contributed by atoms with Crippen molar-refractivity contribution >= 4 is 0 Å². The Bertz CT molecular complexity index is 434. The Balaban J connectivity index is 2.54. The lowest BCUT2D eigenvalue weighted by atomic mass is 10.2. The topological polar surface area (TPSA) is 38.0 Å². The van der Waals surface area contributed by atoms with Gasteiger partial charge in [-0.1, -0.05) is 19.1 Å². The van der Waals surface area contributed by atoms with Gasteiger partial charge in [-0.3, -0.25) is 0 Å². The fourth-order valence-electron chi connectivity index (χ4n) is 1.46. The molecule has 0 saturated carbocycles. The first-order valence-corrected chi connectivity index (χ1v) is 4.64. The van der Waals surface area contributed by atoms with Crippen molar-refractivity contribution in [1.82, 2.24) is 9.78 Å². The quantitative estimate of drug-likeness (QED) is 0.784. The third-order valence-corrected chi connectivity index (χ3v) is 2.19. The van der Waals surface area contributed by atoms with Crippen molar-refractivity contribution in [2.45, 2.75) is 13.3 Å². The first-order chi connectivity index (χ1) is 6.83. The Hall–Kier alpha value is -1.77. The zero-order valence-corrected chi connectivity index (χ0v) is 8.01. The van der Waals surface area contributed by atoms with Crippen molar-refractivity contribution in [3.63, 3.8) is 0 Å². The molecule has 3 nitrogen and oxygen atoms in total. The normalized spacial score (nSPS) is 10.4. The SMILES string of the molecule is CCc1ccnn1-c1ccccc1O. The molecule has 0 spiro atoms. The summed E-state index contributed by atoms with van der Waals surface area (Å²) in [6.45, 7) is 2.06. The van der Waals surface area contributed by atoms with E-state index in [1.54, 1.807) is 23.0 Å². The van der Waals surface area contributed by atoms with Crippen LogP contribution in [0.25, 0.3) is 5.69 Å². The highest BCUT2D eigenvalue weighted by atomic mass is 16.3. The fourth-order valence-corrected chi connectivity index (χ4v) is 1.46. The standard InChI is InChI=1S/C11H12N2O/c1-2-9-7-8-12-13(9)10-5-3-4-6-11(10)14/h3-8,14H,2H2,1H3. The molecule has 72 valence electrons. The van der Waals surface area contributed by atoms with Crippen LogP contribution in [0.15, 0.2) is 36.5 Å². The van der Waals surface area contributed by atoms with Gasteiger partial charge in [-0.15, -0.1) is 0 Å². The van der Waals surface area contributed by atoms with Crippen molar-refractivity contribution in [3.05, 3.63) is 42.2 Å². The first kappa shape index (κ1) is 8.81. The van der Waals surface area contributed by atoms with Crippen molar-refractivity contribution in [2.24, 2.45) is 0 Å². The molecule has 0 atom stereocenters.